The largest absolute Gasteiger partial charge is 0.289 e. The Labute approximate surface area is 175 Å². The van der Waals surface area contributed by atoms with Gasteiger partial charge in [0.25, 0.3) is 0 Å². The number of hydrogen-bond donors (Lipinski definition) is 2. The molecule has 0 amide bonds. The van der Waals surface area contributed by atoms with Crippen LogP contribution >= 0.6 is 0 Å². The molecular weight excluding hydrogens is 376 g/mol. The summed E-state index contributed by atoms with van der Waals surface area (Å²) in [5.41, 5.74) is 18.3. The molecule has 3 rings (SSSR count). The Morgan fingerprint density at radius 1 is 0.833 bits per heavy atom. The number of ketones is 1. The summed E-state index contributed by atoms with van der Waals surface area (Å²) >= 11 is 0. The number of carbonyl (C=O) groups excluding carboxylic acids is 1. The van der Waals surface area contributed by atoms with E-state index in [1.165, 1.54) is 0 Å². The van der Waals surface area contributed by atoms with E-state index in [2.05, 4.69) is 33.9 Å². The molecule has 0 aliphatic heterocycles. The van der Waals surface area contributed by atoms with Crippen molar-refractivity contribution >= 4 is 29.3 Å². The van der Waals surface area contributed by atoms with Crippen LogP contribution in [-0.2, 0) is 4.79 Å². The van der Waals surface area contributed by atoms with Gasteiger partial charge in [-0.3, -0.25) is 4.79 Å². The maximum absolute atomic E-state index is 13.2. The van der Waals surface area contributed by atoms with Gasteiger partial charge in [0.1, 0.15) is 11.1 Å². The van der Waals surface area contributed by atoms with E-state index in [1.54, 1.807) is 24.3 Å². The summed E-state index contributed by atoms with van der Waals surface area (Å²) in [6.07, 6.45) is 5.41. The summed E-state index contributed by atoms with van der Waals surface area (Å²) in [7, 11) is 0. The molecule has 0 saturated heterocycles. The second-order valence-electron chi connectivity index (χ2n) is 7.66. The molecule has 2 aromatic rings. The first-order valence-electron chi connectivity index (χ1n) is 9.81. The maximum Gasteiger partial charge on any atom is 0.220 e. The van der Waals surface area contributed by atoms with Gasteiger partial charge >= 0.3 is 0 Å². The van der Waals surface area contributed by atoms with Crippen LogP contribution in [0.3, 0.4) is 0 Å². The summed E-state index contributed by atoms with van der Waals surface area (Å²) in [5, 5.41) is 7.39. The van der Waals surface area contributed by atoms with E-state index in [4.69, 9.17) is 11.1 Å². The quantitative estimate of drug-likeness (QED) is 0.349. The van der Waals surface area contributed by atoms with Crippen molar-refractivity contribution in [1.29, 1.82) is 11.1 Å². The lowest BCUT2D eigenvalue weighted by Crippen LogP contribution is -2.23. The molecule has 1 aliphatic rings. The summed E-state index contributed by atoms with van der Waals surface area (Å²) in [5.74, 6) is 0.939. The van der Waals surface area contributed by atoms with Gasteiger partial charge in [-0.05, 0) is 72.2 Å². The fourth-order valence-corrected chi connectivity index (χ4v) is 3.54. The molecule has 150 valence electrons. The Hall–Kier alpha value is -3.79. The number of nitrogens with one attached hydrogen (secondary N) is 2. The van der Waals surface area contributed by atoms with Crippen LogP contribution in [0.4, 0.5) is 11.4 Å². The zero-order chi connectivity index (χ0) is 21.5. The van der Waals surface area contributed by atoms with Crippen molar-refractivity contribution in [2.24, 2.45) is 22.1 Å². The summed E-state index contributed by atoms with van der Waals surface area (Å²) in [6.45, 7) is 4.38. The molecule has 2 aromatic carbocycles. The van der Waals surface area contributed by atoms with Crippen molar-refractivity contribution in [2.45, 2.75) is 26.7 Å². The Balaban J connectivity index is 1.93. The van der Waals surface area contributed by atoms with Crippen LogP contribution in [0.15, 0.2) is 69.9 Å². The molecule has 0 bridgehead atoms. The predicted molar refractivity (Wildman–Crippen MR) is 115 cm³/mol. The Morgan fingerprint density at radius 3 is 1.57 bits per heavy atom. The number of carbonyl (C=O) groups is 1. The van der Waals surface area contributed by atoms with Gasteiger partial charge < -0.3 is 0 Å². The lowest BCUT2D eigenvalue weighted by molar-refractivity contribution is -0.113. The van der Waals surface area contributed by atoms with Gasteiger partial charge in [0.15, 0.2) is 27.4 Å². The van der Waals surface area contributed by atoms with E-state index in [0.29, 0.717) is 23.2 Å². The second kappa shape index (κ2) is 9.61. The normalized spacial score (nSPS) is 18.9. The number of rotatable bonds is 5. The molecule has 0 atom stereocenters. The Morgan fingerprint density at radius 2 is 1.23 bits per heavy atom. The van der Waals surface area contributed by atoms with Gasteiger partial charge in [-0.2, -0.15) is 0 Å². The number of nitrogens with zero attached hydrogens (tertiary/aromatic N) is 4. The summed E-state index contributed by atoms with van der Waals surface area (Å²) in [6, 6.07) is 14.7. The zero-order valence-corrected chi connectivity index (χ0v) is 17.0. The smallest absolute Gasteiger partial charge is 0.220 e. The summed E-state index contributed by atoms with van der Waals surface area (Å²) < 4.78 is 0. The molecule has 1 aliphatic carbocycles. The van der Waals surface area contributed by atoms with Crippen LogP contribution < -0.4 is 9.82 Å². The number of benzene rings is 2. The first-order valence-corrected chi connectivity index (χ1v) is 9.81. The number of allylic oxidation sites excluding steroid dienone is 2. The van der Waals surface area contributed by atoms with Crippen molar-refractivity contribution in [3.8, 4) is 0 Å². The SMILES string of the molecule is CC(C)C1C/C(=C/c2ccc(N=[N+]=N)cc2)C(=O)/C(=C\c2ccc(N=[N+]=N)cc2)C1. The highest BCUT2D eigenvalue weighted by atomic mass is 16.1. The predicted octanol–water partition coefficient (Wildman–Crippen LogP) is 6.15. The molecule has 7 nitrogen and oxygen atoms in total. The third-order valence-corrected chi connectivity index (χ3v) is 5.29. The Bertz CT molecular complexity index is 1000. The third kappa shape index (κ3) is 5.17. The van der Waals surface area contributed by atoms with Crippen LogP contribution in [-0.4, -0.2) is 5.78 Å². The fourth-order valence-electron chi connectivity index (χ4n) is 3.54. The van der Waals surface area contributed by atoms with E-state index in [-0.39, 0.29) is 5.78 Å². The minimum Gasteiger partial charge on any atom is -0.289 e. The molecule has 0 unspecified atom stereocenters. The summed E-state index contributed by atoms with van der Waals surface area (Å²) in [4.78, 5) is 19.3. The number of hydrogen-bond acceptors (Lipinski definition) is 5. The van der Waals surface area contributed by atoms with E-state index in [1.807, 2.05) is 36.4 Å². The highest BCUT2D eigenvalue weighted by molar-refractivity contribution is 6.14. The van der Waals surface area contributed by atoms with Crippen LogP contribution in [0.25, 0.3) is 12.2 Å². The second-order valence-corrected chi connectivity index (χ2v) is 7.66. The highest BCUT2D eigenvalue weighted by Gasteiger charge is 2.29. The van der Waals surface area contributed by atoms with Gasteiger partial charge in [0, 0.05) is 11.1 Å². The molecule has 1 fully saturated rings. The van der Waals surface area contributed by atoms with Gasteiger partial charge in [0.2, 0.25) is 9.82 Å². The lowest BCUT2D eigenvalue weighted by Gasteiger charge is -2.28. The van der Waals surface area contributed by atoms with Crippen molar-refractivity contribution in [3.05, 3.63) is 70.8 Å². The lowest BCUT2D eigenvalue weighted by atomic mass is 9.75. The van der Waals surface area contributed by atoms with E-state index in [9.17, 15) is 4.79 Å². The van der Waals surface area contributed by atoms with Gasteiger partial charge in [-0.15, -0.1) is 0 Å². The Kier molecular flexibility index (Phi) is 6.71. The van der Waals surface area contributed by atoms with E-state index >= 15 is 0 Å². The van der Waals surface area contributed by atoms with Gasteiger partial charge in [-0.1, -0.05) is 38.1 Å². The molecule has 30 heavy (non-hydrogen) atoms. The maximum atomic E-state index is 13.2. The van der Waals surface area contributed by atoms with Crippen LogP contribution in [0, 0.1) is 22.9 Å². The molecule has 7 heteroatoms. The van der Waals surface area contributed by atoms with Crippen molar-refractivity contribution in [3.63, 3.8) is 0 Å². The highest BCUT2D eigenvalue weighted by Crippen LogP contribution is 2.36. The molecule has 1 saturated carbocycles. The van der Waals surface area contributed by atoms with Gasteiger partial charge in [0.05, 0.1) is 0 Å². The van der Waals surface area contributed by atoms with Crippen molar-refractivity contribution < 1.29 is 4.79 Å². The first-order chi connectivity index (χ1) is 14.5. The topological polar surface area (TPSA) is 118 Å². The first kappa shape index (κ1) is 20.9. The molecular formula is C23H24N6O+2. The molecule has 2 N–H and O–H groups in total. The van der Waals surface area contributed by atoms with Crippen molar-refractivity contribution in [2.75, 3.05) is 0 Å². The fraction of sp³-hybridized carbons (Fsp3) is 0.261. The third-order valence-electron chi connectivity index (χ3n) is 5.29. The average molecular weight is 400 g/mol. The molecule has 0 radical (unpaired) electrons. The number of Topliss-reactive ketones (excluding diaryl/α,β-unsaturated/α-hetero) is 1. The molecule has 0 spiro atoms. The van der Waals surface area contributed by atoms with E-state index in [0.717, 1.165) is 35.1 Å². The van der Waals surface area contributed by atoms with E-state index < -0.39 is 0 Å². The standard InChI is InChI=1S/C23H24N6O/c1-15(2)18-13-19(11-16-3-7-21(8-4-16)26-28-24)23(30)20(14-18)12-17-5-9-22(10-6-17)27-29-25/h3-12,15,18,24-25H,13-14H2,1-2H3/q+2/b19-11-,20-12-. The minimum absolute atomic E-state index is 0.0803. The minimum atomic E-state index is 0.0803. The molecule has 0 heterocycles. The molecule has 0 aromatic heterocycles. The average Bonchev–Trinajstić information content (AvgIpc) is 2.74. The van der Waals surface area contributed by atoms with Gasteiger partial charge in [-0.25, -0.2) is 0 Å². The zero-order valence-electron chi connectivity index (χ0n) is 17.0. The van der Waals surface area contributed by atoms with Crippen molar-refractivity contribution in [1.82, 2.24) is 9.82 Å². The van der Waals surface area contributed by atoms with Crippen LogP contribution in [0.2, 0.25) is 0 Å². The monoisotopic (exact) mass is 400 g/mol. The van der Waals surface area contributed by atoms with Crippen LogP contribution in [0.1, 0.15) is 37.8 Å². The van der Waals surface area contributed by atoms with Crippen LogP contribution in [0.5, 0.6) is 0 Å².